The molecule has 1 fully saturated rings. The van der Waals surface area contributed by atoms with Gasteiger partial charge in [0.05, 0.1) is 12.3 Å². The van der Waals surface area contributed by atoms with E-state index < -0.39 is 0 Å². The molecule has 0 bridgehead atoms. The molecule has 2 rings (SSSR count). The van der Waals surface area contributed by atoms with Crippen LogP contribution in [-0.2, 0) is 11.3 Å². The Morgan fingerprint density at radius 1 is 1.33 bits per heavy atom. The van der Waals surface area contributed by atoms with Gasteiger partial charge in [0.25, 0.3) is 0 Å². The van der Waals surface area contributed by atoms with E-state index in [0.717, 1.165) is 44.6 Å². The molecule has 21 heavy (non-hydrogen) atoms. The number of hydrogen-bond acceptors (Lipinski definition) is 3. The van der Waals surface area contributed by atoms with Crippen LogP contribution in [0.25, 0.3) is 0 Å². The number of nitrogens with zero attached hydrogens (tertiary/aromatic N) is 1. The van der Waals surface area contributed by atoms with Gasteiger partial charge in [0.2, 0.25) is 0 Å². The van der Waals surface area contributed by atoms with Crippen LogP contribution in [0.4, 0.5) is 5.69 Å². The highest BCUT2D eigenvalue weighted by Gasteiger charge is 2.23. The molecule has 1 aliphatic heterocycles. The predicted octanol–water partition coefficient (Wildman–Crippen LogP) is 3.67. The summed E-state index contributed by atoms with van der Waals surface area (Å²) in [6, 6.07) is 6.71. The van der Waals surface area contributed by atoms with Crippen LogP contribution in [0.2, 0.25) is 0 Å². The summed E-state index contributed by atoms with van der Waals surface area (Å²) in [6.45, 7) is 9.57. The summed E-state index contributed by atoms with van der Waals surface area (Å²) in [6.07, 6.45) is 1.29. The molecule has 0 amide bonds. The molecular formula is C17H27BrN2O. The van der Waals surface area contributed by atoms with E-state index in [9.17, 15) is 0 Å². The highest BCUT2D eigenvalue weighted by molar-refractivity contribution is 9.10. The van der Waals surface area contributed by atoms with E-state index in [4.69, 9.17) is 4.74 Å². The van der Waals surface area contributed by atoms with E-state index in [1.165, 1.54) is 22.1 Å². The molecule has 4 heteroatoms. The zero-order chi connectivity index (χ0) is 15.2. The van der Waals surface area contributed by atoms with Gasteiger partial charge in [-0.05, 0) is 51.9 Å². The van der Waals surface area contributed by atoms with Crippen molar-refractivity contribution in [3.05, 3.63) is 28.2 Å². The molecule has 1 heterocycles. The van der Waals surface area contributed by atoms with Crippen molar-refractivity contribution >= 4 is 21.6 Å². The third-order valence-corrected chi connectivity index (χ3v) is 5.13. The van der Waals surface area contributed by atoms with Gasteiger partial charge in [-0.2, -0.15) is 0 Å². The number of hydrogen-bond donors (Lipinski definition) is 1. The number of benzene rings is 1. The molecular weight excluding hydrogens is 328 g/mol. The molecule has 0 aliphatic carbocycles. The first-order chi connectivity index (χ1) is 10.1. The van der Waals surface area contributed by atoms with Crippen LogP contribution in [-0.4, -0.2) is 33.4 Å². The third-order valence-electron chi connectivity index (χ3n) is 4.50. The molecule has 1 N–H and O–H groups in total. The topological polar surface area (TPSA) is 24.5 Å². The van der Waals surface area contributed by atoms with E-state index in [1.807, 2.05) is 0 Å². The normalized spacial score (nSPS) is 22.6. The fourth-order valence-electron chi connectivity index (χ4n) is 2.81. The van der Waals surface area contributed by atoms with Crippen molar-refractivity contribution in [2.75, 3.05) is 38.3 Å². The number of halogens is 1. The first-order valence-electron chi connectivity index (χ1n) is 7.85. The number of rotatable bonds is 6. The summed E-state index contributed by atoms with van der Waals surface area (Å²) < 4.78 is 6.25. The standard InChI is InChI=1S/C17H27BrN2O/c1-13-6-8-20(12-14(13)2)17-5-4-15(10-16(17)18)11-19-7-9-21-3/h4-5,10,13-14,19H,6-9,11-12H2,1-3H3. The molecule has 118 valence electrons. The summed E-state index contributed by atoms with van der Waals surface area (Å²) in [7, 11) is 1.73. The van der Waals surface area contributed by atoms with Gasteiger partial charge in [-0.15, -0.1) is 0 Å². The Bertz CT molecular complexity index is 452. The Labute approximate surface area is 137 Å². The largest absolute Gasteiger partial charge is 0.383 e. The molecule has 3 nitrogen and oxygen atoms in total. The Morgan fingerprint density at radius 2 is 2.14 bits per heavy atom. The van der Waals surface area contributed by atoms with Gasteiger partial charge < -0.3 is 15.0 Å². The van der Waals surface area contributed by atoms with Crippen molar-refractivity contribution in [1.29, 1.82) is 0 Å². The summed E-state index contributed by atoms with van der Waals surface area (Å²) in [4.78, 5) is 2.51. The zero-order valence-electron chi connectivity index (χ0n) is 13.4. The highest BCUT2D eigenvalue weighted by Crippen LogP contribution is 2.32. The number of piperidine rings is 1. The Kier molecular flexibility index (Phi) is 6.52. The van der Waals surface area contributed by atoms with E-state index in [1.54, 1.807) is 7.11 Å². The van der Waals surface area contributed by atoms with Crippen LogP contribution in [0.5, 0.6) is 0 Å². The van der Waals surface area contributed by atoms with Crippen LogP contribution in [0.1, 0.15) is 25.8 Å². The number of ether oxygens (including phenoxy) is 1. The Balaban J connectivity index is 1.95. The van der Waals surface area contributed by atoms with Gasteiger partial charge in [-0.3, -0.25) is 0 Å². The fourth-order valence-corrected chi connectivity index (χ4v) is 3.48. The highest BCUT2D eigenvalue weighted by atomic mass is 79.9. The van der Waals surface area contributed by atoms with Gasteiger partial charge in [-0.1, -0.05) is 19.9 Å². The second-order valence-electron chi connectivity index (χ2n) is 6.14. The average Bonchev–Trinajstić information content (AvgIpc) is 2.47. The number of anilines is 1. The molecule has 0 spiro atoms. The van der Waals surface area contributed by atoms with Gasteiger partial charge in [0.1, 0.15) is 0 Å². The first-order valence-corrected chi connectivity index (χ1v) is 8.64. The SMILES string of the molecule is COCCNCc1ccc(N2CCC(C)C(C)C2)c(Br)c1. The lowest BCUT2D eigenvalue weighted by atomic mass is 9.88. The molecule has 0 aromatic heterocycles. The first kappa shape index (κ1) is 16.8. The Morgan fingerprint density at radius 3 is 2.81 bits per heavy atom. The monoisotopic (exact) mass is 354 g/mol. The lowest BCUT2D eigenvalue weighted by Gasteiger charge is -2.37. The summed E-state index contributed by atoms with van der Waals surface area (Å²) in [5, 5.41) is 3.38. The van der Waals surface area contributed by atoms with Gasteiger partial charge in [0, 0.05) is 37.8 Å². The van der Waals surface area contributed by atoms with E-state index in [2.05, 4.69) is 58.2 Å². The van der Waals surface area contributed by atoms with E-state index in [-0.39, 0.29) is 0 Å². The van der Waals surface area contributed by atoms with Crippen LogP contribution in [0.15, 0.2) is 22.7 Å². The van der Waals surface area contributed by atoms with Crippen molar-refractivity contribution in [1.82, 2.24) is 5.32 Å². The second kappa shape index (κ2) is 8.16. The van der Waals surface area contributed by atoms with Crippen molar-refractivity contribution < 1.29 is 4.74 Å². The van der Waals surface area contributed by atoms with Crippen LogP contribution >= 0.6 is 15.9 Å². The van der Waals surface area contributed by atoms with Crippen molar-refractivity contribution in [2.45, 2.75) is 26.8 Å². The van der Waals surface area contributed by atoms with E-state index >= 15 is 0 Å². The molecule has 1 saturated heterocycles. The Hall–Kier alpha value is -0.580. The lowest BCUT2D eigenvalue weighted by molar-refractivity contribution is 0.199. The summed E-state index contributed by atoms with van der Waals surface area (Å²) >= 11 is 3.75. The zero-order valence-corrected chi connectivity index (χ0v) is 14.9. The van der Waals surface area contributed by atoms with Crippen LogP contribution < -0.4 is 10.2 Å². The average molecular weight is 355 g/mol. The number of methoxy groups -OCH3 is 1. The number of nitrogens with one attached hydrogen (secondary N) is 1. The van der Waals surface area contributed by atoms with Crippen LogP contribution in [0, 0.1) is 11.8 Å². The van der Waals surface area contributed by atoms with Gasteiger partial charge in [0.15, 0.2) is 0 Å². The minimum atomic E-state index is 0.753. The fraction of sp³-hybridized carbons (Fsp3) is 0.647. The minimum Gasteiger partial charge on any atom is -0.383 e. The molecule has 1 aromatic rings. The van der Waals surface area contributed by atoms with Gasteiger partial charge in [-0.25, -0.2) is 0 Å². The van der Waals surface area contributed by atoms with Crippen molar-refractivity contribution in [2.24, 2.45) is 11.8 Å². The molecule has 2 atom stereocenters. The quantitative estimate of drug-likeness (QED) is 0.788. The molecule has 1 aliphatic rings. The van der Waals surface area contributed by atoms with Crippen molar-refractivity contribution in [3.63, 3.8) is 0 Å². The molecule has 0 saturated carbocycles. The third kappa shape index (κ3) is 4.70. The molecule has 2 unspecified atom stereocenters. The summed E-state index contributed by atoms with van der Waals surface area (Å²) in [5.41, 5.74) is 2.63. The van der Waals surface area contributed by atoms with E-state index in [0.29, 0.717) is 0 Å². The van der Waals surface area contributed by atoms with Crippen LogP contribution in [0.3, 0.4) is 0 Å². The molecule has 1 aromatic carbocycles. The smallest absolute Gasteiger partial charge is 0.0587 e. The lowest BCUT2D eigenvalue weighted by Crippen LogP contribution is -2.38. The maximum Gasteiger partial charge on any atom is 0.0587 e. The minimum absolute atomic E-state index is 0.753. The predicted molar refractivity (Wildman–Crippen MR) is 92.9 cm³/mol. The second-order valence-corrected chi connectivity index (χ2v) is 7.00. The maximum atomic E-state index is 5.04. The van der Waals surface area contributed by atoms with Gasteiger partial charge >= 0.3 is 0 Å². The van der Waals surface area contributed by atoms with Crippen molar-refractivity contribution in [3.8, 4) is 0 Å². The maximum absolute atomic E-state index is 5.04. The summed E-state index contributed by atoms with van der Waals surface area (Å²) in [5.74, 6) is 1.60. The molecule has 0 radical (unpaired) electrons.